The minimum atomic E-state index is -0.514. The first-order chi connectivity index (χ1) is 19.1. The lowest BCUT2D eigenvalue weighted by Crippen LogP contribution is -2.19. The summed E-state index contributed by atoms with van der Waals surface area (Å²) in [6.07, 6.45) is 2.29. The Morgan fingerprint density at radius 3 is 2.38 bits per heavy atom. The van der Waals surface area contributed by atoms with E-state index in [2.05, 4.69) is 28.5 Å². The largest absolute Gasteiger partial charge is 0.497 e. The Bertz CT molecular complexity index is 1650. The van der Waals surface area contributed by atoms with Gasteiger partial charge in [0.2, 0.25) is 0 Å². The molecule has 39 heavy (non-hydrogen) atoms. The molecule has 0 saturated heterocycles. The van der Waals surface area contributed by atoms with Gasteiger partial charge in [-0.3, -0.25) is 4.79 Å². The molecule has 0 fully saturated rings. The van der Waals surface area contributed by atoms with Crippen LogP contribution in [0.3, 0.4) is 0 Å². The summed E-state index contributed by atoms with van der Waals surface area (Å²) in [6, 6.07) is 29.5. The molecule has 0 spiro atoms. The third-order valence-electron chi connectivity index (χ3n) is 6.41. The highest BCUT2D eigenvalue weighted by Gasteiger charge is 2.20. The summed E-state index contributed by atoms with van der Waals surface area (Å²) < 4.78 is 10.7. The topological polar surface area (TPSA) is 92.8 Å². The predicted molar refractivity (Wildman–Crippen MR) is 153 cm³/mol. The molecule has 7 heteroatoms. The average molecular weight is 518 g/mol. The molecule has 0 radical (unpaired) electrons. The van der Waals surface area contributed by atoms with Crippen LogP contribution in [0, 0.1) is 0 Å². The van der Waals surface area contributed by atoms with Gasteiger partial charge in [-0.1, -0.05) is 67.6 Å². The second kappa shape index (κ2) is 11.5. The zero-order chi connectivity index (χ0) is 27.2. The monoisotopic (exact) mass is 517 g/mol. The van der Waals surface area contributed by atoms with E-state index in [0.717, 1.165) is 34.0 Å². The van der Waals surface area contributed by atoms with Gasteiger partial charge in [0, 0.05) is 22.0 Å². The molecule has 5 aromatic rings. The van der Waals surface area contributed by atoms with Gasteiger partial charge in [0.05, 0.1) is 18.9 Å². The summed E-state index contributed by atoms with van der Waals surface area (Å²) in [5.74, 6) is 0.0709. The maximum atomic E-state index is 13.3. The van der Waals surface area contributed by atoms with Gasteiger partial charge in [0.15, 0.2) is 0 Å². The van der Waals surface area contributed by atoms with Crippen LogP contribution in [0.1, 0.15) is 38.9 Å². The van der Waals surface area contributed by atoms with E-state index < -0.39 is 5.97 Å². The lowest BCUT2D eigenvalue weighted by molar-refractivity contribution is 0.0734. The number of aromatic amines is 1. The second-order valence-corrected chi connectivity index (χ2v) is 8.79. The molecule has 194 valence electrons. The number of hydrogen-bond acceptors (Lipinski definition) is 5. The van der Waals surface area contributed by atoms with Crippen molar-refractivity contribution in [1.29, 1.82) is 0 Å². The Kier molecular flexibility index (Phi) is 7.50. The van der Waals surface area contributed by atoms with Crippen molar-refractivity contribution in [2.24, 2.45) is 5.10 Å². The number of hydrogen-bond donors (Lipinski definition) is 2. The Hall–Kier alpha value is -5.17. The van der Waals surface area contributed by atoms with Gasteiger partial charge in [0.25, 0.3) is 5.91 Å². The van der Waals surface area contributed by atoms with Crippen LogP contribution in [0.4, 0.5) is 0 Å². The van der Waals surface area contributed by atoms with E-state index in [9.17, 15) is 9.59 Å². The van der Waals surface area contributed by atoms with Crippen molar-refractivity contribution in [2.45, 2.75) is 13.3 Å². The average Bonchev–Trinajstić information content (AvgIpc) is 3.38. The van der Waals surface area contributed by atoms with Crippen molar-refractivity contribution in [2.75, 3.05) is 7.11 Å². The highest BCUT2D eigenvalue weighted by molar-refractivity contribution is 6.10. The van der Waals surface area contributed by atoms with Crippen LogP contribution in [-0.4, -0.2) is 30.2 Å². The normalized spacial score (nSPS) is 11.0. The summed E-state index contributed by atoms with van der Waals surface area (Å²) in [6.45, 7) is 2.08. The number of hydrazone groups is 1. The maximum Gasteiger partial charge on any atom is 0.343 e. The smallest absolute Gasteiger partial charge is 0.343 e. The van der Waals surface area contributed by atoms with Crippen molar-refractivity contribution in [1.82, 2.24) is 10.4 Å². The van der Waals surface area contributed by atoms with Gasteiger partial charge in [0.1, 0.15) is 17.2 Å². The third-order valence-corrected chi connectivity index (χ3v) is 6.41. The van der Waals surface area contributed by atoms with Crippen LogP contribution in [0.2, 0.25) is 0 Å². The number of nitrogens with zero attached hydrogens (tertiary/aromatic N) is 1. The number of carbonyl (C=O) groups is 2. The molecular weight excluding hydrogens is 490 g/mol. The number of methoxy groups -OCH3 is 1. The summed E-state index contributed by atoms with van der Waals surface area (Å²) >= 11 is 0. The number of ether oxygens (including phenoxy) is 2. The van der Waals surface area contributed by atoms with Crippen LogP contribution in [0.5, 0.6) is 11.5 Å². The van der Waals surface area contributed by atoms with Gasteiger partial charge in [-0.25, -0.2) is 10.2 Å². The molecule has 4 aromatic carbocycles. The molecule has 0 aliphatic rings. The quantitative estimate of drug-likeness (QED) is 0.108. The number of carbonyl (C=O) groups excluding carboxylic acids is 2. The van der Waals surface area contributed by atoms with E-state index in [1.54, 1.807) is 55.6 Å². The fourth-order valence-corrected chi connectivity index (χ4v) is 4.43. The van der Waals surface area contributed by atoms with Gasteiger partial charge in [-0.05, 0) is 53.9 Å². The number of rotatable bonds is 8. The van der Waals surface area contributed by atoms with Gasteiger partial charge in [-0.15, -0.1) is 0 Å². The van der Waals surface area contributed by atoms with E-state index in [1.165, 1.54) is 6.21 Å². The van der Waals surface area contributed by atoms with Crippen LogP contribution >= 0.6 is 0 Å². The number of benzene rings is 4. The minimum absolute atomic E-state index is 0.319. The van der Waals surface area contributed by atoms with Crippen molar-refractivity contribution in [3.8, 4) is 22.6 Å². The van der Waals surface area contributed by atoms with Crippen molar-refractivity contribution < 1.29 is 19.1 Å². The zero-order valence-electron chi connectivity index (χ0n) is 21.6. The standard InChI is InChI=1S/C32H27N3O4/c1-3-21-13-9-14-26-28(22-10-5-4-6-11-22)30(34-29(21)26)31(36)35-33-20-24-12-7-8-15-27(24)39-32(37)23-16-18-25(38-2)19-17-23/h4-20,34H,3H2,1-2H3,(H,35,36). The molecule has 0 aliphatic heterocycles. The molecule has 0 atom stereocenters. The highest BCUT2D eigenvalue weighted by Crippen LogP contribution is 2.34. The first-order valence-corrected chi connectivity index (χ1v) is 12.6. The van der Waals surface area contributed by atoms with Gasteiger partial charge in [-0.2, -0.15) is 5.10 Å². The van der Waals surface area contributed by atoms with Gasteiger partial charge >= 0.3 is 5.97 Å². The lowest BCUT2D eigenvalue weighted by Gasteiger charge is -2.08. The maximum absolute atomic E-state index is 13.3. The Labute approximate surface area is 226 Å². The first-order valence-electron chi connectivity index (χ1n) is 12.6. The Morgan fingerprint density at radius 1 is 0.897 bits per heavy atom. The molecule has 1 amide bonds. The molecule has 1 heterocycles. The third kappa shape index (κ3) is 5.43. The number of amides is 1. The molecule has 0 unspecified atom stereocenters. The van der Waals surface area contributed by atoms with Crippen molar-refractivity contribution in [3.05, 3.63) is 119 Å². The predicted octanol–water partition coefficient (Wildman–Crippen LogP) is 6.39. The van der Waals surface area contributed by atoms with E-state index in [-0.39, 0.29) is 5.91 Å². The number of esters is 1. The fraction of sp³-hybridized carbons (Fsp3) is 0.0938. The number of fused-ring (bicyclic) bond motifs is 1. The van der Waals surface area contributed by atoms with E-state index in [4.69, 9.17) is 9.47 Å². The SMILES string of the molecule is CCc1cccc2c(-c3ccccc3)c(C(=O)NN=Cc3ccccc3OC(=O)c3ccc(OC)cc3)[nH]c12. The van der Waals surface area contributed by atoms with Crippen molar-refractivity contribution in [3.63, 3.8) is 0 Å². The first kappa shape index (κ1) is 25.5. The van der Waals surface area contributed by atoms with E-state index >= 15 is 0 Å². The number of para-hydroxylation sites is 2. The number of H-pyrrole nitrogens is 1. The van der Waals surface area contributed by atoms with Crippen LogP contribution < -0.4 is 14.9 Å². The summed E-state index contributed by atoms with van der Waals surface area (Å²) in [5.41, 5.74) is 7.78. The van der Waals surface area contributed by atoms with E-state index in [0.29, 0.717) is 28.3 Å². The zero-order valence-corrected chi connectivity index (χ0v) is 21.6. The number of nitrogens with one attached hydrogen (secondary N) is 2. The summed E-state index contributed by atoms with van der Waals surface area (Å²) in [5, 5.41) is 5.15. The number of aromatic nitrogens is 1. The molecular formula is C32H27N3O4. The van der Waals surface area contributed by atoms with Crippen LogP contribution in [0.15, 0.2) is 102 Å². The molecule has 0 bridgehead atoms. The van der Waals surface area contributed by atoms with E-state index in [1.807, 2.05) is 42.5 Å². The van der Waals surface area contributed by atoms with Crippen LogP contribution in [0.25, 0.3) is 22.0 Å². The molecule has 0 aliphatic carbocycles. The summed E-state index contributed by atoms with van der Waals surface area (Å²) in [4.78, 5) is 29.3. The molecule has 1 aromatic heterocycles. The van der Waals surface area contributed by atoms with Crippen LogP contribution in [-0.2, 0) is 6.42 Å². The second-order valence-electron chi connectivity index (χ2n) is 8.79. The lowest BCUT2D eigenvalue weighted by atomic mass is 10.00. The molecule has 7 nitrogen and oxygen atoms in total. The molecule has 2 N–H and O–H groups in total. The molecule has 0 saturated carbocycles. The Balaban J connectivity index is 1.39. The van der Waals surface area contributed by atoms with Crippen molar-refractivity contribution >= 4 is 29.0 Å². The fourth-order valence-electron chi connectivity index (χ4n) is 4.43. The highest BCUT2D eigenvalue weighted by atomic mass is 16.5. The Morgan fingerprint density at radius 2 is 1.64 bits per heavy atom. The van der Waals surface area contributed by atoms with Gasteiger partial charge < -0.3 is 14.5 Å². The number of aryl methyl sites for hydroxylation is 1. The minimum Gasteiger partial charge on any atom is -0.497 e. The molecule has 5 rings (SSSR count). The summed E-state index contributed by atoms with van der Waals surface area (Å²) in [7, 11) is 1.56.